The summed E-state index contributed by atoms with van der Waals surface area (Å²) in [5.74, 6) is 0.972. The van der Waals surface area contributed by atoms with Gasteiger partial charge in [-0.3, -0.25) is 0 Å². The first-order chi connectivity index (χ1) is 11.1. The molecule has 0 unspecified atom stereocenters. The molecule has 0 saturated carbocycles. The van der Waals surface area contributed by atoms with E-state index in [1.54, 1.807) is 24.0 Å². The lowest BCUT2D eigenvalue weighted by Gasteiger charge is -2.22. The Labute approximate surface area is 135 Å². The summed E-state index contributed by atoms with van der Waals surface area (Å²) < 4.78 is 4.97. The van der Waals surface area contributed by atoms with Crippen molar-refractivity contribution < 1.29 is 14.4 Å². The lowest BCUT2D eigenvalue weighted by Crippen LogP contribution is -2.37. The van der Waals surface area contributed by atoms with Crippen LogP contribution in [0.3, 0.4) is 0 Å². The van der Waals surface area contributed by atoms with E-state index in [4.69, 9.17) is 9.63 Å². The maximum absolute atomic E-state index is 12.3. The van der Waals surface area contributed by atoms with E-state index in [2.05, 4.69) is 22.4 Å². The van der Waals surface area contributed by atoms with E-state index in [1.807, 2.05) is 12.1 Å². The molecule has 0 spiro atoms. The lowest BCUT2D eigenvalue weighted by molar-refractivity contribution is 0.187. The molecule has 7 heteroatoms. The van der Waals surface area contributed by atoms with E-state index < -0.39 is 0 Å². The predicted octanol–water partition coefficient (Wildman–Crippen LogP) is 2.67. The van der Waals surface area contributed by atoms with Crippen molar-refractivity contribution in [3.05, 3.63) is 30.2 Å². The van der Waals surface area contributed by atoms with E-state index >= 15 is 0 Å². The molecule has 2 N–H and O–H groups in total. The summed E-state index contributed by atoms with van der Waals surface area (Å²) in [7, 11) is 0. The van der Waals surface area contributed by atoms with Crippen LogP contribution >= 0.6 is 0 Å². The van der Waals surface area contributed by atoms with Crippen LogP contribution < -0.4 is 5.32 Å². The van der Waals surface area contributed by atoms with Crippen LogP contribution in [-0.4, -0.2) is 45.9 Å². The highest BCUT2D eigenvalue weighted by Crippen LogP contribution is 2.20. The van der Waals surface area contributed by atoms with E-state index in [0.717, 1.165) is 18.4 Å². The second kappa shape index (κ2) is 8.28. The maximum atomic E-state index is 12.3. The van der Waals surface area contributed by atoms with Crippen LogP contribution in [0.25, 0.3) is 11.4 Å². The molecule has 0 saturated heterocycles. The molecule has 7 nitrogen and oxygen atoms in total. The Morgan fingerprint density at radius 3 is 2.87 bits per heavy atom. The zero-order valence-corrected chi connectivity index (χ0v) is 13.5. The van der Waals surface area contributed by atoms with E-state index in [0.29, 0.717) is 30.5 Å². The first-order valence-corrected chi connectivity index (χ1v) is 7.71. The van der Waals surface area contributed by atoms with Gasteiger partial charge in [0, 0.05) is 31.3 Å². The Hall–Kier alpha value is -2.41. The van der Waals surface area contributed by atoms with Crippen molar-refractivity contribution in [1.82, 2.24) is 15.0 Å². The molecule has 0 radical (unpaired) electrons. The normalized spacial score (nSPS) is 10.6. The minimum Gasteiger partial charge on any atom is -0.395 e. The van der Waals surface area contributed by atoms with E-state index in [-0.39, 0.29) is 12.6 Å². The van der Waals surface area contributed by atoms with Crippen molar-refractivity contribution in [2.75, 3.05) is 25.0 Å². The van der Waals surface area contributed by atoms with Gasteiger partial charge in [0.2, 0.25) is 11.7 Å². The van der Waals surface area contributed by atoms with Gasteiger partial charge >= 0.3 is 6.03 Å². The van der Waals surface area contributed by atoms with E-state index in [1.165, 1.54) is 0 Å². The number of amides is 2. The summed E-state index contributed by atoms with van der Waals surface area (Å²) in [4.78, 5) is 18.1. The number of hydrogen-bond acceptors (Lipinski definition) is 5. The fraction of sp³-hybridized carbons (Fsp3) is 0.438. The first kappa shape index (κ1) is 17.0. The van der Waals surface area contributed by atoms with Gasteiger partial charge < -0.3 is 19.8 Å². The number of nitrogens with one attached hydrogen (secondary N) is 1. The van der Waals surface area contributed by atoms with Crippen molar-refractivity contribution in [2.24, 2.45) is 0 Å². The largest absolute Gasteiger partial charge is 0.395 e. The molecular formula is C16H22N4O3. The van der Waals surface area contributed by atoms with Crippen LogP contribution in [0.15, 0.2) is 28.8 Å². The fourth-order valence-corrected chi connectivity index (χ4v) is 2.14. The number of anilines is 1. The number of urea groups is 1. The zero-order chi connectivity index (χ0) is 16.7. The third-order valence-corrected chi connectivity index (χ3v) is 3.34. The average molecular weight is 318 g/mol. The van der Waals surface area contributed by atoms with Crippen LogP contribution in [0.2, 0.25) is 0 Å². The number of rotatable bonds is 7. The Morgan fingerprint density at radius 2 is 2.22 bits per heavy atom. The van der Waals surface area contributed by atoms with Gasteiger partial charge in [-0.05, 0) is 18.6 Å². The highest BCUT2D eigenvalue weighted by molar-refractivity contribution is 5.90. The number of aliphatic hydroxyl groups is 1. The topological polar surface area (TPSA) is 91.5 Å². The minimum atomic E-state index is -0.228. The van der Waals surface area contributed by atoms with Gasteiger partial charge in [-0.2, -0.15) is 4.98 Å². The van der Waals surface area contributed by atoms with E-state index in [9.17, 15) is 4.79 Å². The van der Waals surface area contributed by atoms with Gasteiger partial charge in [-0.15, -0.1) is 0 Å². The molecule has 2 amide bonds. The Balaban J connectivity index is 2.08. The fourth-order valence-electron chi connectivity index (χ4n) is 2.14. The summed E-state index contributed by atoms with van der Waals surface area (Å²) >= 11 is 0. The number of carbonyl (C=O) groups excluding carboxylic acids is 1. The van der Waals surface area contributed by atoms with Crippen LogP contribution in [0.5, 0.6) is 0 Å². The second-order valence-corrected chi connectivity index (χ2v) is 5.21. The molecule has 0 aliphatic rings. The quantitative estimate of drug-likeness (QED) is 0.819. The Bertz CT molecular complexity index is 642. The number of benzene rings is 1. The predicted molar refractivity (Wildman–Crippen MR) is 87.1 cm³/mol. The van der Waals surface area contributed by atoms with Crippen molar-refractivity contribution in [3.8, 4) is 11.4 Å². The standard InChI is InChI=1S/C16H22N4O3/c1-3-4-8-20(9-10-21)16(22)18-14-7-5-6-13(11-14)15-17-12(2)23-19-15/h5-7,11,21H,3-4,8-10H2,1-2H3,(H,18,22). The molecule has 23 heavy (non-hydrogen) atoms. The Morgan fingerprint density at radius 1 is 1.39 bits per heavy atom. The van der Waals surface area contributed by atoms with Crippen molar-refractivity contribution in [1.29, 1.82) is 0 Å². The molecule has 0 bridgehead atoms. The highest BCUT2D eigenvalue weighted by Gasteiger charge is 2.13. The van der Waals surface area contributed by atoms with Gasteiger partial charge in [0.25, 0.3) is 0 Å². The molecule has 1 heterocycles. The van der Waals surface area contributed by atoms with Crippen molar-refractivity contribution >= 4 is 11.7 Å². The molecule has 1 aromatic carbocycles. The molecule has 0 atom stereocenters. The summed E-state index contributed by atoms with van der Waals surface area (Å²) in [6, 6.07) is 7.03. The minimum absolute atomic E-state index is 0.0562. The monoisotopic (exact) mass is 318 g/mol. The number of unbranched alkanes of at least 4 members (excludes halogenated alkanes) is 1. The molecule has 2 aromatic rings. The lowest BCUT2D eigenvalue weighted by atomic mass is 10.2. The third kappa shape index (κ3) is 4.79. The van der Waals surface area contributed by atoms with Crippen LogP contribution in [0, 0.1) is 6.92 Å². The summed E-state index contributed by atoms with van der Waals surface area (Å²) in [5.41, 5.74) is 1.41. The van der Waals surface area contributed by atoms with Crippen molar-refractivity contribution in [3.63, 3.8) is 0 Å². The molecule has 0 aliphatic heterocycles. The third-order valence-electron chi connectivity index (χ3n) is 3.34. The van der Waals surface area contributed by atoms with Gasteiger partial charge in [0.05, 0.1) is 6.61 Å². The number of carbonyl (C=O) groups is 1. The van der Waals surface area contributed by atoms with Gasteiger partial charge in [0.1, 0.15) is 0 Å². The molecule has 2 rings (SSSR count). The number of aliphatic hydroxyl groups excluding tert-OH is 1. The number of aryl methyl sites for hydroxylation is 1. The van der Waals surface area contributed by atoms with Crippen LogP contribution in [0.1, 0.15) is 25.7 Å². The average Bonchev–Trinajstić information content (AvgIpc) is 2.98. The molecule has 0 aliphatic carbocycles. The number of hydrogen-bond donors (Lipinski definition) is 2. The van der Waals surface area contributed by atoms with Gasteiger partial charge in [-0.1, -0.05) is 30.6 Å². The van der Waals surface area contributed by atoms with Gasteiger partial charge in [0.15, 0.2) is 0 Å². The highest BCUT2D eigenvalue weighted by atomic mass is 16.5. The smallest absolute Gasteiger partial charge is 0.321 e. The first-order valence-electron chi connectivity index (χ1n) is 7.71. The second-order valence-electron chi connectivity index (χ2n) is 5.21. The maximum Gasteiger partial charge on any atom is 0.321 e. The van der Waals surface area contributed by atoms with Crippen LogP contribution in [-0.2, 0) is 0 Å². The van der Waals surface area contributed by atoms with Gasteiger partial charge in [-0.25, -0.2) is 4.79 Å². The Kier molecular flexibility index (Phi) is 6.10. The summed E-state index contributed by atoms with van der Waals surface area (Å²) in [6.07, 6.45) is 1.89. The molecule has 1 aromatic heterocycles. The molecular weight excluding hydrogens is 296 g/mol. The molecule has 124 valence electrons. The summed E-state index contributed by atoms with van der Waals surface area (Å²) in [5, 5.41) is 15.8. The number of nitrogens with zero attached hydrogens (tertiary/aromatic N) is 3. The summed E-state index contributed by atoms with van der Waals surface area (Å²) in [6.45, 7) is 4.66. The van der Waals surface area contributed by atoms with Crippen LogP contribution in [0.4, 0.5) is 10.5 Å². The number of aromatic nitrogens is 2. The van der Waals surface area contributed by atoms with Crippen molar-refractivity contribution in [2.45, 2.75) is 26.7 Å². The zero-order valence-electron chi connectivity index (χ0n) is 13.5. The molecule has 0 fully saturated rings. The SMILES string of the molecule is CCCCN(CCO)C(=O)Nc1cccc(-c2noc(C)n2)c1.